The minimum absolute atomic E-state index is 0.0321. The molecule has 188 valence electrons. The lowest BCUT2D eigenvalue weighted by Crippen LogP contribution is -2.50. The molecule has 0 saturated carbocycles. The molecule has 2 aromatic rings. The molecule has 7 heteroatoms. The molecule has 5 rings (SSSR count). The highest BCUT2D eigenvalue weighted by Crippen LogP contribution is 2.51. The molecule has 0 radical (unpaired) electrons. The van der Waals surface area contributed by atoms with Crippen molar-refractivity contribution in [1.29, 1.82) is 0 Å². The maximum atomic E-state index is 14.1. The van der Waals surface area contributed by atoms with Crippen molar-refractivity contribution in [3.8, 4) is 5.75 Å². The molecule has 6 nitrogen and oxygen atoms in total. The number of amides is 1. The van der Waals surface area contributed by atoms with E-state index in [1.165, 1.54) is 6.07 Å². The number of carbonyl (C=O) groups is 1. The van der Waals surface area contributed by atoms with Gasteiger partial charge in [-0.1, -0.05) is 6.07 Å². The van der Waals surface area contributed by atoms with E-state index in [1.54, 1.807) is 11.0 Å². The Morgan fingerprint density at radius 3 is 2.54 bits per heavy atom. The fraction of sp³-hybridized carbons (Fsp3) is 0.536. The molecule has 2 N–H and O–H groups in total. The average molecular weight is 482 g/mol. The van der Waals surface area contributed by atoms with Crippen LogP contribution in [-0.4, -0.2) is 36.9 Å². The fourth-order valence-electron chi connectivity index (χ4n) is 5.90. The molecule has 0 bridgehead atoms. The standard InChI is InChI=1S/C28H36FN3O3/c1-26(2,3)35-25(33)32-17-27(4,5)34-24-15-19(7-9-23(24)32)31-12-10-28(11-13-31)16-22(30)20-8-6-18(29)14-21(20)28/h6-9,14-15,22H,10-13,16-17,30H2,1-5H3. The van der Waals surface area contributed by atoms with Gasteiger partial charge in [0, 0.05) is 36.3 Å². The van der Waals surface area contributed by atoms with Gasteiger partial charge in [-0.3, -0.25) is 4.90 Å². The number of hydrogen-bond acceptors (Lipinski definition) is 5. The number of carbonyl (C=O) groups excluding carboxylic acids is 1. The van der Waals surface area contributed by atoms with Crippen LogP contribution in [0.3, 0.4) is 0 Å². The minimum atomic E-state index is -0.576. The second-order valence-electron chi connectivity index (χ2n) is 11.9. The zero-order valence-electron chi connectivity index (χ0n) is 21.4. The van der Waals surface area contributed by atoms with E-state index in [1.807, 2.05) is 58.9 Å². The SMILES string of the molecule is CC(C)(C)OC(=O)N1CC(C)(C)Oc2cc(N3CCC4(CC3)CC(N)c3ccc(F)cc34)ccc21. The number of piperidine rings is 1. The Labute approximate surface area is 207 Å². The zero-order valence-corrected chi connectivity index (χ0v) is 21.4. The third-order valence-corrected chi connectivity index (χ3v) is 7.46. The number of fused-ring (bicyclic) bond motifs is 3. The highest BCUT2D eigenvalue weighted by molar-refractivity contribution is 5.91. The van der Waals surface area contributed by atoms with Crippen molar-refractivity contribution in [3.05, 3.63) is 53.3 Å². The van der Waals surface area contributed by atoms with Crippen molar-refractivity contribution >= 4 is 17.5 Å². The number of hydrogen-bond donors (Lipinski definition) is 1. The van der Waals surface area contributed by atoms with Crippen LogP contribution in [0.4, 0.5) is 20.6 Å². The summed E-state index contributed by atoms with van der Waals surface area (Å²) >= 11 is 0. The van der Waals surface area contributed by atoms with E-state index >= 15 is 0 Å². The van der Waals surface area contributed by atoms with Gasteiger partial charge >= 0.3 is 6.09 Å². The van der Waals surface area contributed by atoms with Crippen LogP contribution in [-0.2, 0) is 10.2 Å². The first-order valence-electron chi connectivity index (χ1n) is 12.5. The van der Waals surface area contributed by atoms with Crippen LogP contribution in [0.25, 0.3) is 0 Å². The average Bonchev–Trinajstić information content (AvgIpc) is 3.02. The summed E-state index contributed by atoms with van der Waals surface area (Å²) in [5.41, 5.74) is 9.21. The number of anilines is 2. The molecule has 2 aromatic carbocycles. The fourth-order valence-corrected chi connectivity index (χ4v) is 5.90. The molecule has 1 atom stereocenters. The van der Waals surface area contributed by atoms with Gasteiger partial charge in [-0.25, -0.2) is 9.18 Å². The highest BCUT2D eigenvalue weighted by atomic mass is 19.1. The monoisotopic (exact) mass is 481 g/mol. The van der Waals surface area contributed by atoms with Crippen LogP contribution in [0.5, 0.6) is 5.75 Å². The van der Waals surface area contributed by atoms with Gasteiger partial charge in [-0.05, 0) is 89.3 Å². The third-order valence-electron chi connectivity index (χ3n) is 7.46. The molecule has 1 unspecified atom stereocenters. The molecule has 1 aliphatic carbocycles. The molecule has 1 amide bonds. The number of rotatable bonds is 1. The van der Waals surface area contributed by atoms with Crippen molar-refractivity contribution < 1.29 is 18.7 Å². The number of nitrogens with zero attached hydrogens (tertiary/aromatic N) is 2. The lowest BCUT2D eigenvalue weighted by Gasteiger charge is -2.43. The summed E-state index contributed by atoms with van der Waals surface area (Å²) in [6, 6.07) is 11.1. The maximum absolute atomic E-state index is 14.1. The molecule has 3 aliphatic rings. The molecule has 1 fully saturated rings. The van der Waals surface area contributed by atoms with Gasteiger partial charge in [0.1, 0.15) is 22.8 Å². The normalized spacial score (nSPS) is 22.4. The molecule has 0 aromatic heterocycles. The van der Waals surface area contributed by atoms with E-state index in [9.17, 15) is 9.18 Å². The Hall–Kier alpha value is -2.80. The summed E-state index contributed by atoms with van der Waals surface area (Å²) in [4.78, 5) is 17.0. The Morgan fingerprint density at radius 2 is 1.86 bits per heavy atom. The largest absolute Gasteiger partial charge is 0.484 e. The maximum Gasteiger partial charge on any atom is 0.415 e. The van der Waals surface area contributed by atoms with Crippen LogP contribution in [0.1, 0.15) is 71.0 Å². The first kappa shape index (κ1) is 23.9. The van der Waals surface area contributed by atoms with Gasteiger partial charge in [-0.2, -0.15) is 0 Å². The van der Waals surface area contributed by atoms with Gasteiger partial charge in [0.25, 0.3) is 0 Å². The van der Waals surface area contributed by atoms with Gasteiger partial charge < -0.3 is 20.1 Å². The van der Waals surface area contributed by atoms with Crippen molar-refractivity contribution in [2.24, 2.45) is 5.73 Å². The number of ether oxygens (including phenoxy) is 2. The van der Waals surface area contributed by atoms with E-state index in [4.69, 9.17) is 15.2 Å². The molecule has 2 aliphatic heterocycles. The summed E-state index contributed by atoms with van der Waals surface area (Å²) in [5.74, 6) is 0.490. The van der Waals surface area contributed by atoms with E-state index in [0.29, 0.717) is 12.3 Å². The summed E-state index contributed by atoms with van der Waals surface area (Å²) in [5, 5.41) is 0. The van der Waals surface area contributed by atoms with E-state index in [-0.39, 0.29) is 23.4 Å². The van der Waals surface area contributed by atoms with Crippen LogP contribution in [0.2, 0.25) is 0 Å². The molecule has 2 heterocycles. The van der Waals surface area contributed by atoms with Crippen molar-refractivity contribution in [1.82, 2.24) is 0 Å². The van der Waals surface area contributed by atoms with E-state index in [2.05, 4.69) is 4.90 Å². The van der Waals surface area contributed by atoms with E-state index < -0.39 is 11.2 Å². The first-order valence-corrected chi connectivity index (χ1v) is 12.5. The number of halogens is 1. The van der Waals surface area contributed by atoms with Crippen LogP contribution in [0.15, 0.2) is 36.4 Å². The summed E-state index contributed by atoms with van der Waals surface area (Å²) in [6.07, 6.45) is 2.34. The van der Waals surface area contributed by atoms with Crippen LogP contribution < -0.4 is 20.3 Å². The topological polar surface area (TPSA) is 68.0 Å². The predicted octanol–water partition coefficient (Wildman–Crippen LogP) is 5.68. The lowest BCUT2D eigenvalue weighted by molar-refractivity contribution is 0.0484. The number of benzene rings is 2. The summed E-state index contributed by atoms with van der Waals surface area (Å²) in [6.45, 7) is 11.7. The second kappa shape index (κ2) is 8.12. The lowest BCUT2D eigenvalue weighted by atomic mass is 9.73. The smallest absolute Gasteiger partial charge is 0.415 e. The Bertz CT molecular complexity index is 1150. The molecule has 1 spiro atoms. The molecule has 35 heavy (non-hydrogen) atoms. The minimum Gasteiger partial charge on any atom is -0.484 e. The van der Waals surface area contributed by atoms with Crippen molar-refractivity contribution in [2.75, 3.05) is 29.4 Å². The predicted molar refractivity (Wildman–Crippen MR) is 136 cm³/mol. The number of nitrogens with two attached hydrogens (primary N) is 1. The van der Waals surface area contributed by atoms with Gasteiger partial charge in [0.2, 0.25) is 0 Å². The van der Waals surface area contributed by atoms with Crippen molar-refractivity contribution in [2.45, 2.75) is 76.5 Å². The third kappa shape index (κ3) is 4.46. The van der Waals surface area contributed by atoms with Crippen LogP contribution >= 0.6 is 0 Å². The molecular formula is C28H36FN3O3. The molecule has 1 saturated heterocycles. The van der Waals surface area contributed by atoms with E-state index in [0.717, 1.165) is 54.9 Å². The van der Waals surface area contributed by atoms with Gasteiger partial charge in [0.05, 0.1) is 12.2 Å². The quantitative estimate of drug-likeness (QED) is 0.568. The summed E-state index contributed by atoms with van der Waals surface area (Å²) in [7, 11) is 0. The zero-order chi connectivity index (χ0) is 25.2. The van der Waals surface area contributed by atoms with Gasteiger partial charge in [0.15, 0.2) is 0 Å². The van der Waals surface area contributed by atoms with Crippen LogP contribution in [0, 0.1) is 5.82 Å². The van der Waals surface area contributed by atoms with Crippen molar-refractivity contribution in [3.63, 3.8) is 0 Å². The Kier molecular flexibility index (Phi) is 5.55. The highest BCUT2D eigenvalue weighted by Gasteiger charge is 2.45. The Morgan fingerprint density at radius 1 is 1.14 bits per heavy atom. The van der Waals surface area contributed by atoms with Gasteiger partial charge in [-0.15, -0.1) is 0 Å². The molecular weight excluding hydrogens is 445 g/mol. The Balaban J connectivity index is 1.37. The first-order chi connectivity index (χ1) is 16.4. The summed E-state index contributed by atoms with van der Waals surface area (Å²) < 4.78 is 26.0. The second-order valence-corrected chi connectivity index (χ2v) is 11.9.